The largest absolute Gasteiger partial charge is 0.450 e. The number of anilines is 1. The van der Waals surface area contributed by atoms with Crippen LogP contribution in [0.4, 0.5) is 10.5 Å². The normalized spacial score (nSPS) is 12.0. The van der Waals surface area contributed by atoms with E-state index in [1.165, 1.54) is 0 Å². The Kier molecular flexibility index (Phi) is 9.68. The summed E-state index contributed by atoms with van der Waals surface area (Å²) < 4.78 is 4.94. The minimum Gasteiger partial charge on any atom is -0.450 e. The molecule has 1 aromatic carbocycles. The molecule has 1 unspecified atom stereocenters. The molecule has 0 bridgehead atoms. The average Bonchev–Trinajstić information content (AvgIpc) is 2.60. The molecule has 152 valence electrons. The van der Waals surface area contributed by atoms with Crippen LogP contribution in [0.25, 0.3) is 0 Å². The first kappa shape index (κ1) is 22.8. The van der Waals surface area contributed by atoms with Crippen molar-refractivity contribution >= 4 is 17.7 Å². The molecule has 6 heteroatoms. The zero-order valence-electron chi connectivity index (χ0n) is 17.5. The van der Waals surface area contributed by atoms with E-state index in [0.717, 1.165) is 18.7 Å². The summed E-state index contributed by atoms with van der Waals surface area (Å²) in [7, 11) is 0. The maximum absolute atomic E-state index is 12.5. The number of benzene rings is 1. The van der Waals surface area contributed by atoms with E-state index in [0.29, 0.717) is 30.7 Å². The Hall–Kier alpha value is -2.24. The minimum atomic E-state index is -0.449. The van der Waals surface area contributed by atoms with E-state index in [2.05, 4.69) is 50.2 Å². The van der Waals surface area contributed by atoms with Crippen LogP contribution in [0.3, 0.4) is 0 Å². The molecule has 0 spiro atoms. The summed E-state index contributed by atoms with van der Waals surface area (Å²) in [5.41, 5.74) is 1.71. The van der Waals surface area contributed by atoms with Gasteiger partial charge in [-0.1, -0.05) is 13.8 Å². The molecule has 1 aromatic rings. The van der Waals surface area contributed by atoms with E-state index in [4.69, 9.17) is 4.74 Å². The standard InChI is InChI=1S/C21H35N3O3/c1-7-24(16(5)6)19-11-9-17(10-12-19)20(25)22-14-18(13-15(3)4)23-21(26)27-8-2/h9-12,15-16,18H,7-8,13-14H2,1-6H3,(H,22,25)(H,23,26). The summed E-state index contributed by atoms with van der Waals surface area (Å²) in [6.45, 7) is 13.9. The zero-order chi connectivity index (χ0) is 20.4. The van der Waals surface area contributed by atoms with Crippen LogP contribution in [-0.2, 0) is 4.74 Å². The molecule has 0 aliphatic heterocycles. The Labute approximate surface area is 163 Å². The van der Waals surface area contributed by atoms with Crippen LogP contribution in [0.1, 0.15) is 58.3 Å². The molecular formula is C21H35N3O3. The topological polar surface area (TPSA) is 70.7 Å². The van der Waals surface area contributed by atoms with Crippen LogP contribution in [0.5, 0.6) is 0 Å². The van der Waals surface area contributed by atoms with Gasteiger partial charge < -0.3 is 20.3 Å². The van der Waals surface area contributed by atoms with Gasteiger partial charge in [0, 0.05) is 36.4 Å². The molecule has 0 aliphatic carbocycles. The van der Waals surface area contributed by atoms with E-state index >= 15 is 0 Å². The quantitative estimate of drug-likeness (QED) is 0.650. The van der Waals surface area contributed by atoms with Crippen molar-refractivity contribution in [1.29, 1.82) is 0 Å². The first-order valence-electron chi connectivity index (χ1n) is 9.86. The van der Waals surface area contributed by atoms with Crippen molar-refractivity contribution < 1.29 is 14.3 Å². The van der Waals surface area contributed by atoms with Gasteiger partial charge in [-0.15, -0.1) is 0 Å². The Morgan fingerprint density at radius 2 is 1.70 bits per heavy atom. The van der Waals surface area contributed by atoms with Crippen molar-refractivity contribution in [3.05, 3.63) is 29.8 Å². The Morgan fingerprint density at radius 1 is 1.07 bits per heavy atom. The van der Waals surface area contributed by atoms with Gasteiger partial charge in [0.25, 0.3) is 5.91 Å². The van der Waals surface area contributed by atoms with Gasteiger partial charge in [-0.3, -0.25) is 4.79 Å². The lowest BCUT2D eigenvalue weighted by Gasteiger charge is -2.27. The molecular weight excluding hydrogens is 342 g/mol. The van der Waals surface area contributed by atoms with Crippen LogP contribution >= 0.6 is 0 Å². The predicted octanol–water partition coefficient (Wildman–Crippen LogP) is 3.81. The lowest BCUT2D eigenvalue weighted by atomic mass is 10.0. The van der Waals surface area contributed by atoms with Crippen LogP contribution < -0.4 is 15.5 Å². The second-order valence-corrected chi connectivity index (χ2v) is 7.33. The summed E-state index contributed by atoms with van der Waals surface area (Å²) >= 11 is 0. The monoisotopic (exact) mass is 377 g/mol. The van der Waals surface area contributed by atoms with Crippen LogP contribution in [0.15, 0.2) is 24.3 Å². The van der Waals surface area contributed by atoms with E-state index in [9.17, 15) is 9.59 Å². The Morgan fingerprint density at radius 3 is 2.19 bits per heavy atom. The summed E-state index contributed by atoms with van der Waals surface area (Å²) in [6.07, 6.45) is 0.313. The third-order valence-corrected chi connectivity index (χ3v) is 4.29. The number of rotatable bonds is 10. The first-order valence-corrected chi connectivity index (χ1v) is 9.86. The summed E-state index contributed by atoms with van der Waals surface area (Å²) in [4.78, 5) is 26.4. The Bertz CT molecular complexity index is 585. The molecule has 0 aromatic heterocycles. The third-order valence-electron chi connectivity index (χ3n) is 4.29. The van der Waals surface area contributed by atoms with Crippen molar-refractivity contribution in [2.45, 2.75) is 60.0 Å². The van der Waals surface area contributed by atoms with Gasteiger partial charge in [-0.25, -0.2) is 4.79 Å². The van der Waals surface area contributed by atoms with Gasteiger partial charge in [0.05, 0.1) is 6.61 Å². The summed E-state index contributed by atoms with van der Waals surface area (Å²) in [6, 6.07) is 7.86. The number of hydrogen-bond donors (Lipinski definition) is 2. The van der Waals surface area contributed by atoms with Gasteiger partial charge in [-0.2, -0.15) is 0 Å². The summed E-state index contributed by atoms with van der Waals surface area (Å²) in [5, 5.41) is 5.73. The van der Waals surface area contributed by atoms with Gasteiger partial charge in [0.1, 0.15) is 0 Å². The third kappa shape index (κ3) is 7.89. The number of ether oxygens (including phenoxy) is 1. The zero-order valence-corrected chi connectivity index (χ0v) is 17.5. The van der Waals surface area contributed by atoms with Gasteiger partial charge in [-0.05, 0) is 64.3 Å². The van der Waals surface area contributed by atoms with Crippen molar-refractivity contribution in [3.63, 3.8) is 0 Å². The van der Waals surface area contributed by atoms with E-state index < -0.39 is 6.09 Å². The maximum Gasteiger partial charge on any atom is 0.407 e. The average molecular weight is 378 g/mol. The highest BCUT2D eigenvalue weighted by atomic mass is 16.5. The lowest BCUT2D eigenvalue weighted by Crippen LogP contribution is -2.44. The fraction of sp³-hybridized carbons (Fsp3) is 0.619. The molecule has 0 saturated carbocycles. The maximum atomic E-state index is 12.5. The van der Waals surface area contributed by atoms with E-state index in [1.54, 1.807) is 6.92 Å². The van der Waals surface area contributed by atoms with E-state index in [-0.39, 0.29) is 11.9 Å². The molecule has 1 atom stereocenters. The molecule has 2 N–H and O–H groups in total. The fourth-order valence-electron chi connectivity index (χ4n) is 3.07. The highest BCUT2D eigenvalue weighted by Gasteiger charge is 2.17. The number of carbonyl (C=O) groups is 2. The number of carbonyl (C=O) groups excluding carboxylic acids is 2. The van der Waals surface area contributed by atoms with Crippen LogP contribution in [0.2, 0.25) is 0 Å². The number of hydrogen-bond acceptors (Lipinski definition) is 4. The second kappa shape index (κ2) is 11.5. The SMILES string of the molecule is CCOC(=O)NC(CNC(=O)c1ccc(N(CC)C(C)C)cc1)CC(C)C. The molecule has 2 amide bonds. The predicted molar refractivity (Wildman–Crippen MR) is 110 cm³/mol. The lowest BCUT2D eigenvalue weighted by molar-refractivity contribution is 0.0944. The molecule has 1 rings (SSSR count). The Balaban J connectivity index is 2.68. The second-order valence-electron chi connectivity index (χ2n) is 7.33. The fourth-order valence-corrected chi connectivity index (χ4v) is 3.07. The highest BCUT2D eigenvalue weighted by molar-refractivity contribution is 5.94. The van der Waals surface area contributed by atoms with Crippen molar-refractivity contribution in [2.75, 3.05) is 24.6 Å². The molecule has 6 nitrogen and oxygen atoms in total. The molecule has 0 saturated heterocycles. The summed E-state index contributed by atoms with van der Waals surface area (Å²) in [5.74, 6) is 0.248. The van der Waals surface area contributed by atoms with Crippen LogP contribution in [0, 0.1) is 5.92 Å². The number of alkyl carbamates (subject to hydrolysis) is 1. The van der Waals surface area contributed by atoms with Crippen molar-refractivity contribution in [2.24, 2.45) is 5.92 Å². The molecule has 27 heavy (non-hydrogen) atoms. The number of nitrogens with zero attached hydrogens (tertiary/aromatic N) is 1. The van der Waals surface area contributed by atoms with Gasteiger partial charge >= 0.3 is 6.09 Å². The molecule has 0 fully saturated rings. The van der Waals surface area contributed by atoms with Crippen molar-refractivity contribution in [3.8, 4) is 0 Å². The van der Waals surface area contributed by atoms with Crippen molar-refractivity contribution in [1.82, 2.24) is 10.6 Å². The van der Waals surface area contributed by atoms with Gasteiger partial charge in [0.15, 0.2) is 0 Å². The molecule has 0 heterocycles. The minimum absolute atomic E-state index is 0.145. The number of nitrogens with one attached hydrogen (secondary N) is 2. The number of amides is 2. The first-order chi connectivity index (χ1) is 12.8. The smallest absolute Gasteiger partial charge is 0.407 e. The molecule has 0 aliphatic rings. The van der Waals surface area contributed by atoms with E-state index in [1.807, 2.05) is 24.3 Å². The van der Waals surface area contributed by atoms with Crippen LogP contribution in [-0.4, -0.2) is 43.8 Å². The molecule has 0 radical (unpaired) electrons. The highest BCUT2D eigenvalue weighted by Crippen LogP contribution is 2.17. The van der Waals surface area contributed by atoms with Gasteiger partial charge in [0.2, 0.25) is 0 Å².